The molecular weight excluding hydrogens is 242 g/mol. The lowest BCUT2D eigenvalue weighted by molar-refractivity contribution is 0.331. The van der Waals surface area contributed by atoms with E-state index < -0.39 is 0 Å². The Morgan fingerprint density at radius 1 is 0.900 bits per heavy atom. The second-order valence-electron chi connectivity index (χ2n) is 8.12. The van der Waals surface area contributed by atoms with Gasteiger partial charge in [-0.05, 0) is 47.3 Å². The van der Waals surface area contributed by atoms with E-state index in [0.717, 1.165) is 0 Å². The number of hydrogen-bond donors (Lipinski definition) is 1. The summed E-state index contributed by atoms with van der Waals surface area (Å²) in [5.41, 5.74) is 5.15. The minimum absolute atomic E-state index is 0.304. The zero-order valence-corrected chi connectivity index (χ0v) is 14.3. The van der Waals surface area contributed by atoms with E-state index in [2.05, 4.69) is 72.0 Å². The summed E-state index contributed by atoms with van der Waals surface area (Å²) in [6.45, 7) is 16.2. The third kappa shape index (κ3) is 2.93. The third-order valence-electron chi connectivity index (χ3n) is 4.96. The summed E-state index contributed by atoms with van der Waals surface area (Å²) in [6, 6.07) is 8.09. The second kappa shape index (κ2) is 5.18. The van der Waals surface area contributed by atoms with E-state index in [-0.39, 0.29) is 0 Å². The van der Waals surface area contributed by atoms with Crippen molar-refractivity contribution in [2.45, 2.75) is 84.2 Å². The lowest BCUT2D eigenvalue weighted by Gasteiger charge is -2.42. The van der Waals surface area contributed by atoms with Crippen LogP contribution in [0.15, 0.2) is 18.2 Å². The molecule has 0 heterocycles. The Labute approximate surface area is 125 Å². The van der Waals surface area contributed by atoms with Gasteiger partial charge in [-0.25, -0.2) is 0 Å². The summed E-state index contributed by atoms with van der Waals surface area (Å²) in [5.74, 6) is 0. The van der Waals surface area contributed by atoms with Crippen LogP contribution >= 0.6 is 0 Å². The van der Waals surface area contributed by atoms with Gasteiger partial charge in [-0.15, -0.1) is 0 Å². The van der Waals surface area contributed by atoms with E-state index in [1.165, 1.54) is 18.4 Å². The molecule has 0 radical (unpaired) electrons. The van der Waals surface area contributed by atoms with Gasteiger partial charge in [-0.2, -0.15) is 0 Å². The molecule has 1 nitrogen and oxygen atoms in total. The quantitative estimate of drug-likeness (QED) is 0.808. The predicted octanol–water partition coefficient (Wildman–Crippen LogP) is 5.09. The van der Waals surface area contributed by atoms with Crippen molar-refractivity contribution in [3.63, 3.8) is 0 Å². The average Bonchev–Trinajstić information content (AvgIpc) is 2.34. The smallest absolute Gasteiger partial charge is 0.0294 e. The molecule has 0 aromatic heterocycles. The Hall–Kier alpha value is -0.820. The molecule has 112 valence electrons. The molecule has 1 aliphatic carbocycles. The predicted molar refractivity (Wildman–Crippen MR) is 88.4 cm³/mol. The van der Waals surface area contributed by atoms with Gasteiger partial charge in [-0.3, -0.25) is 0 Å². The highest BCUT2D eigenvalue weighted by Crippen LogP contribution is 2.46. The Kier molecular flexibility index (Phi) is 4.03. The maximum atomic E-state index is 3.61. The molecule has 0 bridgehead atoms. The van der Waals surface area contributed by atoms with Crippen molar-refractivity contribution in [3.8, 4) is 0 Å². The molecule has 0 aliphatic heterocycles. The zero-order chi connectivity index (χ0) is 15.1. The molecule has 0 fully saturated rings. The van der Waals surface area contributed by atoms with E-state index in [4.69, 9.17) is 0 Å². The molecule has 1 aliphatic rings. The molecule has 0 amide bonds. The van der Waals surface area contributed by atoms with E-state index in [0.29, 0.717) is 22.9 Å². The Bertz CT molecular complexity index is 483. The van der Waals surface area contributed by atoms with Gasteiger partial charge < -0.3 is 5.32 Å². The van der Waals surface area contributed by atoms with Crippen molar-refractivity contribution >= 4 is 0 Å². The zero-order valence-electron chi connectivity index (χ0n) is 14.3. The van der Waals surface area contributed by atoms with Gasteiger partial charge in [0.1, 0.15) is 0 Å². The molecule has 0 saturated carbocycles. The fraction of sp³-hybridized carbons (Fsp3) is 0.684. The number of fused-ring (bicyclic) bond motifs is 1. The average molecular weight is 273 g/mol. The number of nitrogens with one attached hydrogen (secondary N) is 1. The van der Waals surface area contributed by atoms with Crippen LogP contribution in [0, 0.1) is 0 Å². The fourth-order valence-electron chi connectivity index (χ4n) is 3.47. The van der Waals surface area contributed by atoms with Gasteiger partial charge in [0.15, 0.2) is 0 Å². The minimum atomic E-state index is 0.304. The van der Waals surface area contributed by atoms with Gasteiger partial charge >= 0.3 is 0 Å². The van der Waals surface area contributed by atoms with Crippen LogP contribution in [0.25, 0.3) is 0 Å². The normalized spacial score (nSPS) is 21.6. The monoisotopic (exact) mass is 273 g/mol. The van der Waals surface area contributed by atoms with Crippen molar-refractivity contribution in [2.75, 3.05) is 0 Å². The summed E-state index contributed by atoms with van der Waals surface area (Å²) in [4.78, 5) is 0. The van der Waals surface area contributed by atoms with Gasteiger partial charge in [0.05, 0.1) is 0 Å². The Morgan fingerprint density at radius 3 is 2.00 bits per heavy atom. The maximum absolute atomic E-state index is 3.61. The molecule has 1 atom stereocenters. The maximum Gasteiger partial charge on any atom is 0.0294 e. The van der Waals surface area contributed by atoms with Crippen molar-refractivity contribution in [1.29, 1.82) is 0 Å². The lowest BCUT2D eigenvalue weighted by Crippen LogP contribution is -2.34. The lowest BCUT2D eigenvalue weighted by atomic mass is 9.63. The van der Waals surface area contributed by atoms with Crippen LogP contribution in [-0.2, 0) is 10.8 Å². The van der Waals surface area contributed by atoms with E-state index in [9.17, 15) is 0 Å². The second-order valence-corrected chi connectivity index (χ2v) is 8.12. The third-order valence-corrected chi connectivity index (χ3v) is 4.96. The van der Waals surface area contributed by atoms with Crippen LogP contribution in [0.4, 0.5) is 0 Å². The molecule has 1 aromatic rings. The molecule has 1 N–H and O–H groups in total. The van der Waals surface area contributed by atoms with E-state index in [1.54, 1.807) is 11.1 Å². The molecule has 0 spiro atoms. The van der Waals surface area contributed by atoms with Crippen molar-refractivity contribution in [1.82, 2.24) is 5.32 Å². The Balaban J connectivity index is 2.43. The summed E-state index contributed by atoms with van der Waals surface area (Å²) in [6.07, 6.45) is 2.56. The summed E-state index contributed by atoms with van der Waals surface area (Å²) in [5, 5.41) is 3.61. The molecule has 0 unspecified atom stereocenters. The highest BCUT2D eigenvalue weighted by atomic mass is 14.9. The summed E-state index contributed by atoms with van der Waals surface area (Å²) < 4.78 is 0. The van der Waals surface area contributed by atoms with Gasteiger partial charge in [0.2, 0.25) is 0 Å². The van der Waals surface area contributed by atoms with Crippen molar-refractivity contribution in [2.24, 2.45) is 0 Å². The van der Waals surface area contributed by atoms with Gasteiger partial charge in [0, 0.05) is 12.1 Å². The first kappa shape index (κ1) is 15.6. The molecule has 0 saturated heterocycles. The molecule has 2 rings (SSSR count). The first-order valence-electron chi connectivity index (χ1n) is 8.04. The number of benzene rings is 1. The molecule has 20 heavy (non-hydrogen) atoms. The van der Waals surface area contributed by atoms with E-state index >= 15 is 0 Å². The van der Waals surface area contributed by atoms with Crippen molar-refractivity contribution in [3.05, 3.63) is 34.9 Å². The number of rotatable bonds is 3. The minimum Gasteiger partial charge on any atom is -0.308 e. The van der Waals surface area contributed by atoms with Crippen LogP contribution in [0.5, 0.6) is 0 Å². The van der Waals surface area contributed by atoms with Crippen LogP contribution in [0.2, 0.25) is 0 Å². The number of hydrogen-bond acceptors (Lipinski definition) is 1. The van der Waals surface area contributed by atoms with Gasteiger partial charge in [-0.1, -0.05) is 59.7 Å². The molecule has 1 aromatic carbocycles. The standard InChI is InChI=1S/C19H31N/c1-13(2)20-14(3)15-8-9-16-17(12-15)19(6,7)11-10-18(16,4)5/h8-9,12-14,20H,10-11H2,1-7H3/t14-/m0/s1. The first-order valence-corrected chi connectivity index (χ1v) is 8.04. The Morgan fingerprint density at radius 2 is 1.45 bits per heavy atom. The van der Waals surface area contributed by atoms with Gasteiger partial charge in [0.25, 0.3) is 0 Å². The van der Waals surface area contributed by atoms with Crippen LogP contribution in [-0.4, -0.2) is 6.04 Å². The highest BCUT2D eigenvalue weighted by Gasteiger charge is 2.37. The summed E-state index contributed by atoms with van der Waals surface area (Å²) >= 11 is 0. The van der Waals surface area contributed by atoms with Crippen LogP contribution < -0.4 is 5.32 Å². The first-order chi connectivity index (χ1) is 9.13. The SMILES string of the molecule is CC(C)N[C@@H](C)c1ccc2c(c1)C(C)(C)CCC2(C)C. The highest BCUT2D eigenvalue weighted by molar-refractivity contribution is 5.44. The topological polar surface area (TPSA) is 12.0 Å². The molecular formula is C19H31N. The van der Waals surface area contributed by atoms with Crippen molar-refractivity contribution < 1.29 is 0 Å². The molecule has 1 heteroatoms. The summed E-state index contributed by atoms with van der Waals surface area (Å²) in [7, 11) is 0. The fourth-order valence-corrected chi connectivity index (χ4v) is 3.47. The van der Waals surface area contributed by atoms with Crippen LogP contribution in [0.1, 0.15) is 84.0 Å². The largest absolute Gasteiger partial charge is 0.308 e. The van der Waals surface area contributed by atoms with Crippen LogP contribution in [0.3, 0.4) is 0 Å². The van der Waals surface area contributed by atoms with E-state index in [1.807, 2.05) is 0 Å².